The summed E-state index contributed by atoms with van der Waals surface area (Å²) in [7, 11) is 0.817. The molecule has 0 aromatic carbocycles. The Morgan fingerprint density at radius 3 is 1.94 bits per heavy atom. The number of methoxy groups -OCH3 is 1. The second kappa shape index (κ2) is 3.84. The molecular weight excluding hydrogens is 240 g/mol. The van der Waals surface area contributed by atoms with Gasteiger partial charge in [0.05, 0.1) is 7.11 Å². The van der Waals surface area contributed by atoms with Crippen LogP contribution in [0.5, 0.6) is 5.88 Å². The Balaban J connectivity index is 3.28. The molecule has 0 aliphatic heterocycles. The van der Waals surface area contributed by atoms with Crippen LogP contribution in [0.3, 0.4) is 0 Å². The van der Waals surface area contributed by atoms with E-state index in [9.17, 15) is 26.3 Å². The highest BCUT2D eigenvalue weighted by Crippen LogP contribution is 2.37. The van der Waals surface area contributed by atoms with E-state index in [1.807, 2.05) is 0 Å². The maximum atomic E-state index is 12.3. The number of pyridine rings is 1. The van der Waals surface area contributed by atoms with Crippen molar-refractivity contribution >= 4 is 0 Å². The molecule has 90 valence electrons. The SMILES string of the molecule is COc1nc(C(F)(F)F)ccc1C(F)(F)F. The fraction of sp³-hybridized carbons (Fsp3) is 0.375. The largest absolute Gasteiger partial charge is 0.481 e. The summed E-state index contributed by atoms with van der Waals surface area (Å²) in [4.78, 5) is 2.76. The van der Waals surface area contributed by atoms with Gasteiger partial charge in [-0.3, -0.25) is 0 Å². The molecule has 1 aromatic rings. The third-order valence-electron chi connectivity index (χ3n) is 1.65. The van der Waals surface area contributed by atoms with Gasteiger partial charge in [0, 0.05) is 0 Å². The predicted octanol–water partition coefficient (Wildman–Crippen LogP) is 3.13. The topological polar surface area (TPSA) is 22.1 Å². The first-order valence-electron chi connectivity index (χ1n) is 3.85. The lowest BCUT2D eigenvalue weighted by Gasteiger charge is -2.13. The number of aromatic nitrogens is 1. The lowest BCUT2D eigenvalue weighted by Crippen LogP contribution is -2.13. The molecule has 1 aromatic heterocycles. The van der Waals surface area contributed by atoms with E-state index in [1.54, 1.807) is 0 Å². The van der Waals surface area contributed by atoms with Crippen molar-refractivity contribution < 1.29 is 31.1 Å². The summed E-state index contributed by atoms with van der Waals surface area (Å²) in [5, 5.41) is 0. The number of nitrogens with zero attached hydrogens (tertiary/aromatic N) is 1. The molecule has 0 aliphatic carbocycles. The third kappa shape index (κ3) is 2.56. The van der Waals surface area contributed by atoms with Gasteiger partial charge in [-0.15, -0.1) is 0 Å². The first-order valence-corrected chi connectivity index (χ1v) is 3.85. The van der Waals surface area contributed by atoms with Gasteiger partial charge >= 0.3 is 12.4 Å². The molecular formula is C8H5F6NO. The van der Waals surface area contributed by atoms with Gasteiger partial charge in [0.1, 0.15) is 11.3 Å². The zero-order chi connectivity index (χ0) is 12.6. The molecule has 1 heterocycles. The molecule has 0 radical (unpaired) electrons. The summed E-state index contributed by atoms with van der Waals surface area (Å²) in [5.74, 6) is -1.10. The monoisotopic (exact) mass is 245 g/mol. The van der Waals surface area contributed by atoms with Crippen molar-refractivity contribution in [3.63, 3.8) is 0 Å². The standard InChI is InChI=1S/C8H5F6NO/c1-16-6-4(7(9,10)11)2-3-5(15-6)8(12,13)14/h2-3H,1H3. The summed E-state index contributed by atoms with van der Waals surface area (Å²) in [6.07, 6.45) is -9.61. The second-order valence-corrected chi connectivity index (χ2v) is 2.75. The van der Waals surface area contributed by atoms with Crippen molar-refractivity contribution in [2.24, 2.45) is 0 Å². The highest BCUT2D eigenvalue weighted by atomic mass is 19.4. The molecule has 1 rings (SSSR count). The summed E-state index contributed by atoms with van der Waals surface area (Å²) >= 11 is 0. The van der Waals surface area contributed by atoms with E-state index in [0.717, 1.165) is 7.11 Å². The van der Waals surface area contributed by atoms with Crippen LogP contribution in [0.25, 0.3) is 0 Å². The van der Waals surface area contributed by atoms with E-state index in [1.165, 1.54) is 0 Å². The predicted molar refractivity (Wildman–Crippen MR) is 40.8 cm³/mol. The van der Waals surface area contributed by atoms with Crippen molar-refractivity contribution in [3.05, 3.63) is 23.4 Å². The first-order chi connectivity index (χ1) is 7.16. The molecule has 0 amide bonds. The smallest absolute Gasteiger partial charge is 0.433 e. The maximum Gasteiger partial charge on any atom is 0.433 e. The Labute approximate surface area is 85.9 Å². The Hall–Kier alpha value is -1.47. The summed E-state index contributed by atoms with van der Waals surface area (Å²) in [6, 6.07) is 0.542. The number of rotatable bonds is 1. The van der Waals surface area contributed by atoms with Crippen LogP contribution >= 0.6 is 0 Å². The van der Waals surface area contributed by atoms with Crippen molar-refractivity contribution in [1.82, 2.24) is 4.98 Å². The van der Waals surface area contributed by atoms with Crippen LogP contribution in [0.15, 0.2) is 12.1 Å². The maximum absolute atomic E-state index is 12.3. The number of hydrogen-bond donors (Lipinski definition) is 0. The van der Waals surface area contributed by atoms with Crippen LogP contribution < -0.4 is 4.74 Å². The summed E-state index contributed by atoms with van der Waals surface area (Å²) < 4.78 is 77.4. The van der Waals surface area contributed by atoms with E-state index in [4.69, 9.17) is 0 Å². The second-order valence-electron chi connectivity index (χ2n) is 2.75. The van der Waals surface area contributed by atoms with Crippen molar-refractivity contribution in [3.8, 4) is 5.88 Å². The molecule has 8 heteroatoms. The molecule has 0 spiro atoms. The Kier molecular flexibility index (Phi) is 3.02. The minimum absolute atomic E-state index is 0.255. The van der Waals surface area contributed by atoms with Gasteiger partial charge in [0.15, 0.2) is 0 Å². The van der Waals surface area contributed by atoms with Gasteiger partial charge in [-0.1, -0.05) is 0 Å². The third-order valence-corrected chi connectivity index (χ3v) is 1.65. The lowest BCUT2D eigenvalue weighted by molar-refractivity contribution is -0.145. The van der Waals surface area contributed by atoms with Gasteiger partial charge in [-0.05, 0) is 12.1 Å². The average molecular weight is 245 g/mol. The minimum Gasteiger partial charge on any atom is -0.481 e. The van der Waals surface area contributed by atoms with Gasteiger partial charge in [0.25, 0.3) is 0 Å². The number of alkyl halides is 6. The number of ether oxygens (including phenoxy) is 1. The Morgan fingerprint density at radius 1 is 1.00 bits per heavy atom. The average Bonchev–Trinajstić information content (AvgIpc) is 2.14. The Morgan fingerprint density at radius 2 is 1.56 bits per heavy atom. The highest BCUT2D eigenvalue weighted by molar-refractivity contribution is 5.31. The van der Waals surface area contributed by atoms with Gasteiger partial charge in [-0.25, -0.2) is 4.98 Å². The zero-order valence-electron chi connectivity index (χ0n) is 7.78. The van der Waals surface area contributed by atoms with E-state index in [0.29, 0.717) is 0 Å². The van der Waals surface area contributed by atoms with Crippen LogP contribution in [0.4, 0.5) is 26.3 Å². The van der Waals surface area contributed by atoms with E-state index in [2.05, 4.69) is 9.72 Å². The Bertz CT molecular complexity index is 383. The minimum atomic E-state index is -4.81. The fourth-order valence-corrected chi connectivity index (χ4v) is 0.970. The first kappa shape index (κ1) is 12.6. The van der Waals surface area contributed by atoms with Crippen LogP contribution in [-0.2, 0) is 12.4 Å². The van der Waals surface area contributed by atoms with Crippen molar-refractivity contribution in [2.45, 2.75) is 12.4 Å². The van der Waals surface area contributed by atoms with Crippen LogP contribution in [0, 0.1) is 0 Å². The summed E-state index contributed by atoms with van der Waals surface area (Å²) in [6.45, 7) is 0. The van der Waals surface area contributed by atoms with Crippen molar-refractivity contribution in [2.75, 3.05) is 7.11 Å². The molecule has 16 heavy (non-hydrogen) atoms. The molecule has 0 aliphatic rings. The molecule has 0 unspecified atom stereocenters. The number of hydrogen-bond acceptors (Lipinski definition) is 2. The fourth-order valence-electron chi connectivity index (χ4n) is 0.970. The number of halogens is 6. The van der Waals surface area contributed by atoms with E-state index < -0.39 is 29.5 Å². The van der Waals surface area contributed by atoms with Crippen molar-refractivity contribution in [1.29, 1.82) is 0 Å². The lowest BCUT2D eigenvalue weighted by atomic mass is 10.2. The molecule has 2 nitrogen and oxygen atoms in total. The van der Waals surface area contributed by atoms with E-state index in [-0.39, 0.29) is 12.1 Å². The molecule has 0 saturated carbocycles. The molecule has 0 saturated heterocycles. The van der Waals surface area contributed by atoms with Gasteiger partial charge in [0.2, 0.25) is 5.88 Å². The molecule has 0 fully saturated rings. The normalized spacial score (nSPS) is 12.7. The van der Waals surface area contributed by atoms with Crippen LogP contribution in [0.1, 0.15) is 11.3 Å². The quantitative estimate of drug-likeness (QED) is 0.709. The van der Waals surface area contributed by atoms with Crippen LogP contribution in [0.2, 0.25) is 0 Å². The van der Waals surface area contributed by atoms with Gasteiger partial charge < -0.3 is 4.74 Å². The summed E-state index contributed by atoms with van der Waals surface area (Å²) in [5.41, 5.74) is -2.78. The van der Waals surface area contributed by atoms with E-state index >= 15 is 0 Å². The molecule has 0 N–H and O–H groups in total. The molecule has 0 atom stereocenters. The zero-order valence-corrected chi connectivity index (χ0v) is 7.78. The highest BCUT2D eigenvalue weighted by Gasteiger charge is 2.39. The van der Waals surface area contributed by atoms with Crippen LogP contribution in [-0.4, -0.2) is 12.1 Å². The van der Waals surface area contributed by atoms with Gasteiger partial charge in [-0.2, -0.15) is 26.3 Å². The molecule has 0 bridgehead atoms.